The number of amides is 1. The van der Waals surface area contributed by atoms with E-state index < -0.39 is 0 Å². The number of hydrogen-bond donors (Lipinski definition) is 2. The van der Waals surface area contributed by atoms with Crippen molar-refractivity contribution in [1.29, 1.82) is 0 Å². The van der Waals surface area contributed by atoms with Crippen LogP contribution in [0.15, 0.2) is 4.42 Å². The molecule has 0 unspecified atom stereocenters. The van der Waals surface area contributed by atoms with Crippen molar-refractivity contribution in [2.24, 2.45) is 0 Å². The van der Waals surface area contributed by atoms with Gasteiger partial charge in [-0.25, -0.2) is 4.79 Å². The van der Waals surface area contributed by atoms with E-state index in [4.69, 9.17) is 20.6 Å². The van der Waals surface area contributed by atoms with Gasteiger partial charge in [-0.15, -0.1) is 0 Å². The Balaban J connectivity index is 1.82. The second kappa shape index (κ2) is 5.70. The molecule has 2 aromatic rings. The lowest BCUT2D eigenvalue weighted by Crippen LogP contribution is -2.36. The van der Waals surface area contributed by atoms with Gasteiger partial charge in [-0.1, -0.05) is 13.3 Å². The number of carbonyl (C=O) groups excluding carboxylic acids is 1. The van der Waals surface area contributed by atoms with Gasteiger partial charge in [0, 0.05) is 12.1 Å². The molecule has 1 aliphatic rings. The van der Waals surface area contributed by atoms with Crippen molar-refractivity contribution < 1.29 is 13.9 Å². The molecule has 3 rings (SSSR count). The van der Waals surface area contributed by atoms with Crippen LogP contribution in [-0.4, -0.2) is 34.1 Å². The first-order valence-electron chi connectivity index (χ1n) is 7.35. The van der Waals surface area contributed by atoms with Crippen LogP contribution >= 0.6 is 0 Å². The van der Waals surface area contributed by atoms with Crippen LogP contribution in [0.5, 0.6) is 0 Å². The minimum atomic E-state index is -0.321. The number of nitrogens with zero attached hydrogens (tertiary/aromatic N) is 3. The third kappa shape index (κ3) is 2.51. The molecule has 0 spiro atoms. The summed E-state index contributed by atoms with van der Waals surface area (Å²) in [5, 5.41) is 0.697. The molecule has 0 fully saturated rings. The van der Waals surface area contributed by atoms with Gasteiger partial charge in [-0.3, -0.25) is 0 Å². The maximum Gasteiger partial charge on any atom is 0.410 e. The zero-order valence-electron chi connectivity index (χ0n) is 12.5. The molecule has 8 nitrogen and oxygen atoms in total. The molecule has 0 saturated heterocycles. The average molecular weight is 305 g/mol. The number of rotatable bonds is 3. The number of furan rings is 1. The molecular weight excluding hydrogens is 286 g/mol. The van der Waals surface area contributed by atoms with E-state index >= 15 is 0 Å². The topological polar surface area (TPSA) is 120 Å². The van der Waals surface area contributed by atoms with Crippen LogP contribution in [0.2, 0.25) is 0 Å². The summed E-state index contributed by atoms with van der Waals surface area (Å²) in [7, 11) is 0. The molecule has 22 heavy (non-hydrogen) atoms. The number of nitrogen functional groups attached to an aromatic ring is 2. The van der Waals surface area contributed by atoms with Gasteiger partial charge in [0.05, 0.1) is 18.5 Å². The van der Waals surface area contributed by atoms with Crippen molar-refractivity contribution >= 4 is 29.0 Å². The van der Waals surface area contributed by atoms with E-state index in [1.165, 1.54) is 0 Å². The standard InChI is InChI=1S/C14H19N5O3/c1-2-3-6-21-14(20)19-5-4-8-9(7-19)22-12-10(8)11(15)17-13(16)18-12/h2-7H2,1H3,(H4,15,16,17,18). The predicted octanol–water partition coefficient (Wildman–Crippen LogP) is 1.68. The van der Waals surface area contributed by atoms with E-state index in [0.717, 1.165) is 18.4 Å². The molecule has 118 valence electrons. The highest BCUT2D eigenvalue weighted by Gasteiger charge is 2.28. The van der Waals surface area contributed by atoms with E-state index in [9.17, 15) is 4.79 Å². The fraction of sp³-hybridized carbons (Fsp3) is 0.500. The van der Waals surface area contributed by atoms with E-state index in [0.29, 0.717) is 48.8 Å². The molecule has 0 radical (unpaired) electrons. The van der Waals surface area contributed by atoms with Gasteiger partial charge >= 0.3 is 6.09 Å². The summed E-state index contributed by atoms with van der Waals surface area (Å²) in [6.07, 6.45) is 2.15. The van der Waals surface area contributed by atoms with E-state index in [1.54, 1.807) is 4.90 Å². The second-order valence-electron chi connectivity index (χ2n) is 5.29. The summed E-state index contributed by atoms with van der Waals surface area (Å²) in [5.41, 5.74) is 12.8. The molecule has 4 N–H and O–H groups in total. The third-order valence-electron chi connectivity index (χ3n) is 3.73. The van der Waals surface area contributed by atoms with Crippen LogP contribution in [0.1, 0.15) is 31.1 Å². The maximum atomic E-state index is 12.0. The minimum Gasteiger partial charge on any atom is -0.449 e. The maximum absolute atomic E-state index is 12.0. The van der Waals surface area contributed by atoms with Crippen LogP contribution in [0.25, 0.3) is 11.1 Å². The lowest BCUT2D eigenvalue weighted by molar-refractivity contribution is 0.0936. The minimum absolute atomic E-state index is 0.0759. The molecule has 3 heterocycles. The summed E-state index contributed by atoms with van der Waals surface area (Å²) < 4.78 is 10.9. The van der Waals surface area contributed by atoms with E-state index in [2.05, 4.69) is 9.97 Å². The molecule has 2 aromatic heterocycles. The van der Waals surface area contributed by atoms with Gasteiger partial charge < -0.3 is 25.5 Å². The van der Waals surface area contributed by atoms with Crippen molar-refractivity contribution in [3.63, 3.8) is 0 Å². The highest BCUT2D eigenvalue weighted by Crippen LogP contribution is 2.32. The smallest absolute Gasteiger partial charge is 0.410 e. The van der Waals surface area contributed by atoms with Gasteiger partial charge in [0.2, 0.25) is 11.7 Å². The lowest BCUT2D eigenvalue weighted by Gasteiger charge is -2.25. The molecule has 1 aliphatic heterocycles. The highest BCUT2D eigenvalue weighted by atomic mass is 16.6. The highest BCUT2D eigenvalue weighted by molar-refractivity contribution is 5.90. The van der Waals surface area contributed by atoms with Crippen molar-refractivity contribution in [3.05, 3.63) is 11.3 Å². The number of nitrogens with two attached hydrogens (primary N) is 2. The first-order chi connectivity index (χ1) is 10.6. The Morgan fingerprint density at radius 3 is 3.00 bits per heavy atom. The van der Waals surface area contributed by atoms with Crippen LogP contribution < -0.4 is 11.5 Å². The summed E-state index contributed by atoms with van der Waals surface area (Å²) in [5.74, 6) is 1.05. The van der Waals surface area contributed by atoms with Gasteiger partial charge in [0.15, 0.2) is 0 Å². The number of aromatic nitrogens is 2. The zero-order chi connectivity index (χ0) is 15.7. The molecule has 0 bridgehead atoms. The Bertz CT molecular complexity index is 712. The summed E-state index contributed by atoms with van der Waals surface area (Å²) in [6.45, 7) is 3.38. The molecule has 0 saturated carbocycles. The fourth-order valence-corrected chi connectivity index (χ4v) is 2.59. The largest absolute Gasteiger partial charge is 0.449 e. The Labute approximate surface area is 127 Å². The fourth-order valence-electron chi connectivity index (χ4n) is 2.59. The molecule has 0 atom stereocenters. The molecule has 0 aromatic carbocycles. The predicted molar refractivity (Wildman–Crippen MR) is 81.0 cm³/mol. The molecule has 1 amide bonds. The Morgan fingerprint density at radius 1 is 1.41 bits per heavy atom. The van der Waals surface area contributed by atoms with Crippen LogP contribution in [0.3, 0.4) is 0 Å². The molecule has 0 aliphatic carbocycles. The summed E-state index contributed by atoms with van der Waals surface area (Å²) in [6, 6.07) is 0. The van der Waals surface area contributed by atoms with Gasteiger partial charge in [-0.05, 0) is 12.8 Å². The number of unbranched alkanes of at least 4 members (excludes halogenated alkanes) is 1. The van der Waals surface area contributed by atoms with Crippen LogP contribution in [0.4, 0.5) is 16.6 Å². The quantitative estimate of drug-likeness (QED) is 0.827. The van der Waals surface area contributed by atoms with Crippen LogP contribution in [-0.2, 0) is 17.7 Å². The van der Waals surface area contributed by atoms with Gasteiger partial charge in [0.1, 0.15) is 11.6 Å². The van der Waals surface area contributed by atoms with Crippen LogP contribution in [0, 0.1) is 0 Å². The number of carbonyl (C=O) groups is 1. The zero-order valence-corrected chi connectivity index (χ0v) is 12.5. The Morgan fingerprint density at radius 2 is 2.23 bits per heavy atom. The Kier molecular flexibility index (Phi) is 3.74. The second-order valence-corrected chi connectivity index (χ2v) is 5.29. The van der Waals surface area contributed by atoms with Crippen molar-refractivity contribution in [3.8, 4) is 0 Å². The van der Waals surface area contributed by atoms with Crippen molar-refractivity contribution in [2.45, 2.75) is 32.7 Å². The van der Waals surface area contributed by atoms with Crippen molar-refractivity contribution in [1.82, 2.24) is 14.9 Å². The number of ether oxygens (including phenoxy) is 1. The summed E-state index contributed by atoms with van der Waals surface area (Å²) >= 11 is 0. The molecule has 8 heteroatoms. The monoisotopic (exact) mass is 305 g/mol. The molecular formula is C14H19N5O3. The number of anilines is 2. The number of fused-ring (bicyclic) bond motifs is 3. The SMILES string of the molecule is CCCCOC(=O)N1CCc2c(oc3nc(N)nc(N)c23)C1. The summed E-state index contributed by atoms with van der Waals surface area (Å²) in [4.78, 5) is 21.6. The average Bonchev–Trinajstić information content (AvgIpc) is 2.84. The van der Waals surface area contributed by atoms with Gasteiger partial charge in [-0.2, -0.15) is 9.97 Å². The first-order valence-corrected chi connectivity index (χ1v) is 7.35. The van der Waals surface area contributed by atoms with E-state index in [-0.39, 0.29) is 12.0 Å². The first kappa shape index (κ1) is 14.4. The normalized spacial score (nSPS) is 14.1. The third-order valence-corrected chi connectivity index (χ3v) is 3.73. The lowest BCUT2D eigenvalue weighted by atomic mass is 10.1. The number of hydrogen-bond acceptors (Lipinski definition) is 7. The van der Waals surface area contributed by atoms with Gasteiger partial charge in [0.25, 0.3) is 0 Å². The van der Waals surface area contributed by atoms with E-state index in [1.807, 2.05) is 6.92 Å². The Hall–Kier alpha value is -2.51. The van der Waals surface area contributed by atoms with Crippen molar-refractivity contribution in [2.75, 3.05) is 24.6 Å².